The van der Waals surface area contributed by atoms with Crippen molar-refractivity contribution in [2.75, 3.05) is 43.2 Å². The van der Waals surface area contributed by atoms with E-state index in [1.54, 1.807) is 10.6 Å². The van der Waals surface area contributed by atoms with Crippen LogP contribution in [0, 0.1) is 5.82 Å². The fourth-order valence-electron chi connectivity index (χ4n) is 4.32. The van der Waals surface area contributed by atoms with Gasteiger partial charge >= 0.3 is 15.5 Å². The van der Waals surface area contributed by atoms with Gasteiger partial charge in [-0.1, -0.05) is 13.0 Å². The Hall–Kier alpha value is -4.15. The summed E-state index contributed by atoms with van der Waals surface area (Å²) in [6.45, 7) is 2.09. The van der Waals surface area contributed by atoms with E-state index in [9.17, 15) is 30.8 Å². The summed E-state index contributed by atoms with van der Waals surface area (Å²) in [5.41, 5.74) is -4.32. The van der Waals surface area contributed by atoms with Crippen LogP contribution in [0.5, 0.6) is 5.75 Å². The molecule has 1 N–H and O–H groups in total. The van der Waals surface area contributed by atoms with Crippen LogP contribution in [-0.4, -0.2) is 78.1 Å². The molecule has 0 radical (unpaired) electrons. The third-order valence-electron chi connectivity index (χ3n) is 6.43. The molecule has 0 bridgehead atoms. The van der Waals surface area contributed by atoms with Gasteiger partial charge in [0, 0.05) is 13.6 Å². The lowest BCUT2D eigenvalue weighted by Gasteiger charge is -2.29. The van der Waals surface area contributed by atoms with E-state index in [0.29, 0.717) is 54.5 Å². The smallest absolute Gasteiger partial charge is 0.486 e. The second kappa shape index (κ2) is 10.1. The fourth-order valence-corrected chi connectivity index (χ4v) is 5.07. The van der Waals surface area contributed by atoms with E-state index in [1.165, 1.54) is 12.1 Å². The maximum absolute atomic E-state index is 14.9. The van der Waals surface area contributed by atoms with E-state index in [2.05, 4.69) is 20.4 Å². The number of sulfonamides is 1. The number of rotatable bonds is 6. The second-order valence-electron chi connectivity index (χ2n) is 9.01. The Labute approximate surface area is 225 Å². The van der Waals surface area contributed by atoms with Gasteiger partial charge in [0.05, 0.1) is 37.2 Å². The number of alkyl halides is 3. The number of aromatic nitrogens is 3. The van der Waals surface area contributed by atoms with Gasteiger partial charge < -0.3 is 15.0 Å². The molecule has 2 aromatic heterocycles. The number of hydrazone groups is 1. The normalized spacial score (nSPS) is 15.8. The number of carbonyl (C=O) groups excluding carboxylic acids is 1. The van der Waals surface area contributed by atoms with Crippen molar-refractivity contribution in [2.24, 2.45) is 5.10 Å². The zero-order valence-corrected chi connectivity index (χ0v) is 22.1. The number of nitrogens with one attached hydrogen (secondary N) is 1. The Bertz CT molecular complexity index is 1610. The molecule has 0 fully saturated rings. The molecule has 1 amide bonds. The minimum Gasteiger partial charge on any atom is -0.486 e. The highest BCUT2D eigenvalue weighted by Crippen LogP contribution is 2.30. The molecule has 0 spiro atoms. The number of hydrogen-bond donors (Lipinski definition) is 1. The molecule has 40 heavy (non-hydrogen) atoms. The average molecular weight is 585 g/mol. The number of fused-ring (bicyclic) bond motifs is 2. The van der Waals surface area contributed by atoms with Gasteiger partial charge in [-0.2, -0.15) is 31.7 Å². The Kier molecular flexibility index (Phi) is 6.93. The molecule has 0 saturated carbocycles. The molecule has 4 heterocycles. The van der Waals surface area contributed by atoms with Gasteiger partial charge in [-0.05, 0) is 24.1 Å². The summed E-state index contributed by atoms with van der Waals surface area (Å²) in [6.07, 6.45) is 2.63. The quantitative estimate of drug-likeness (QED) is 0.437. The minimum atomic E-state index is -5.58. The van der Waals surface area contributed by atoms with E-state index < -0.39 is 33.8 Å². The van der Waals surface area contributed by atoms with Gasteiger partial charge in [0.1, 0.15) is 24.5 Å². The first kappa shape index (κ1) is 27.4. The van der Waals surface area contributed by atoms with Gasteiger partial charge in [0.15, 0.2) is 11.6 Å². The molecule has 0 unspecified atom stereocenters. The van der Waals surface area contributed by atoms with Crippen LogP contribution in [0.3, 0.4) is 0 Å². The summed E-state index contributed by atoms with van der Waals surface area (Å²) in [4.78, 5) is 24.1. The Morgan fingerprint density at radius 3 is 2.60 bits per heavy atom. The van der Waals surface area contributed by atoms with Gasteiger partial charge in [-0.25, -0.2) is 13.7 Å². The van der Waals surface area contributed by atoms with Crippen molar-refractivity contribution in [3.63, 3.8) is 0 Å². The lowest BCUT2D eigenvalue weighted by atomic mass is 10.1. The Morgan fingerprint density at radius 1 is 1.18 bits per heavy atom. The van der Waals surface area contributed by atoms with Crippen molar-refractivity contribution in [3.8, 4) is 5.75 Å². The van der Waals surface area contributed by atoms with Crippen molar-refractivity contribution in [2.45, 2.75) is 25.4 Å². The van der Waals surface area contributed by atoms with Gasteiger partial charge in [-0.15, -0.1) is 0 Å². The number of ether oxygens (including phenoxy) is 1. The lowest BCUT2D eigenvalue weighted by molar-refractivity contribution is -0.0471. The number of hydrogen-bond acceptors (Lipinski definition) is 9. The van der Waals surface area contributed by atoms with E-state index in [0.717, 1.165) is 11.1 Å². The standard InChI is InChI=1S/C23H24F4N8O4S/c1-3-16-19(34-12-18-20(31-22(34)30-16)32(2)8-9-39-18)21(36)28-11-14-4-5-17(15(24)10-14)35-7-6-33(13-29-35)40(37,38)23(25,26)27/h4-5,10,12-13H,3,6-9,11H2,1-2H3,(H,28,36). The second-order valence-corrected chi connectivity index (χ2v) is 10.9. The molecule has 0 atom stereocenters. The number of likely N-dealkylation sites (N-methyl/N-ethyl adjacent to an activating group) is 1. The Morgan fingerprint density at radius 2 is 1.95 bits per heavy atom. The maximum Gasteiger partial charge on any atom is 0.516 e. The number of carbonyl (C=O) groups is 1. The molecular weight excluding hydrogens is 560 g/mol. The van der Waals surface area contributed by atoms with Crippen LogP contribution in [-0.2, 0) is 23.0 Å². The highest BCUT2D eigenvalue weighted by Gasteiger charge is 2.50. The van der Waals surface area contributed by atoms with Crippen LogP contribution < -0.4 is 20.0 Å². The summed E-state index contributed by atoms with van der Waals surface area (Å²) in [7, 11) is -3.69. The molecule has 2 aliphatic heterocycles. The summed E-state index contributed by atoms with van der Waals surface area (Å²) in [6, 6.07) is 4.02. The summed E-state index contributed by atoms with van der Waals surface area (Å²) in [5, 5.41) is 7.47. The number of nitrogens with zero attached hydrogens (tertiary/aromatic N) is 7. The monoisotopic (exact) mass is 584 g/mol. The number of aryl methyl sites for hydroxylation is 1. The van der Waals surface area contributed by atoms with E-state index >= 15 is 0 Å². The third-order valence-corrected chi connectivity index (χ3v) is 7.91. The van der Waals surface area contributed by atoms with E-state index in [4.69, 9.17) is 4.74 Å². The van der Waals surface area contributed by atoms with Crippen LogP contribution in [0.4, 0.5) is 29.1 Å². The summed E-state index contributed by atoms with van der Waals surface area (Å²) < 4.78 is 83.5. The predicted octanol–water partition coefficient (Wildman–Crippen LogP) is 2.10. The van der Waals surface area contributed by atoms with Crippen LogP contribution in [0.15, 0.2) is 29.5 Å². The molecule has 1 aromatic carbocycles. The number of amides is 1. The number of imidazole rings is 1. The first-order chi connectivity index (χ1) is 18.9. The maximum atomic E-state index is 14.9. The summed E-state index contributed by atoms with van der Waals surface area (Å²) in [5.74, 6) is 0.287. The fraction of sp³-hybridized carbons (Fsp3) is 0.391. The predicted molar refractivity (Wildman–Crippen MR) is 136 cm³/mol. The largest absolute Gasteiger partial charge is 0.516 e. The van der Waals surface area contributed by atoms with Crippen molar-refractivity contribution in [1.29, 1.82) is 0 Å². The first-order valence-electron chi connectivity index (χ1n) is 12.1. The van der Waals surface area contributed by atoms with Gasteiger partial charge in [-0.3, -0.25) is 14.2 Å². The third kappa shape index (κ3) is 4.84. The molecule has 0 saturated heterocycles. The topological polar surface area (TPSA) is 125 Å². The van der Waals surface area contributed by atoms with Crippen molar-refractivity contribution in [1.82, 2.24) is 24.0 Å². The molecule has 0 aliphatic carbocycles. The van der Waals surface area contributed by atoms with Crippen molar-refractivity contribution < 1.29 is 35.5 Å². The van der Waals surface area contributed by atoms with Crippen LogP contribution in [0.1, 0.15) is 28.7 Å². The molecule has 2 aliphatic rings. The minimum absolute atomic E-state index is 0.0368. The van der Waals surface area contributed by atoms with E-state index in [-0.39, 0.29) is 28.8 Å². The van der Waals surface area contributed by atoms with Crippen molar-refractivity contribution in [3.05, 3.63) is 47.2 Å². The highest BCUT2D eigenvalue weighted by atomic mass is 32.2. The molecular formula is C23H24F4N8O4S. The van der Waals surface area contributed by atoms with Gasteiger partial charge in [0.25, 0.3) is 5.91 Å². The SMILES string of the molecule is CCc1nc2nc3c(cn2c1C(=O)NCc1ccc(N2CCN(S(=O)(=O)C(F)(F)F)C=N2)c(F)c1)OCCN3C. The van der Waals surface area contributed by atoms with Crippen LogP contribution in [0.2, 0.25) is 0 Å². The van der Waals surface area contributed by atoms with Crippen LogP contribution in [0.25, 0.3) is 5.78 Å². The average Bonchev–Trinajstić information content (AvgIpc) is 3.28. The number of anilines is 2. The lowest BCUT2D eigenvalue weighted by Crippen LogP contribution is -2.46. The Balaban J connectivity index is 1.30. The van der Waals surface area contributed by atoms with E-state index in [1.807, 2.05) is 18.9 Å². The zero-order chi connectivity index (χ0) is 28.8. The first-order valence-corrected chi connectivity index (χ1v) is 13.6. The zero-order valence-electron chi connectivity index (χ0n) is 21.3. The molecule has 17 heteroatoms. The van der Waals surface area contributed by atoms with Gasteiger partial charge in [0.2, 0.25) is 5.78 Å². The van der Waals surface area contributed by atoms with Crippen LogP contribution >= 0.6 is 0 Å². The molecule has 5 rings (SSSR count). The van der Waals surface area contributed by atoms with Crippen molar-refractivity contribution >= 4 is 39.6 Å². The molecule has 12 nitrogen and oxygen atoms in total. The molecule has 3 aromatic rings. The highest BCUT2D eigenvalue weighted by molar-refractivity contribution is 7.90. The summed E-state index contributed by atoms with van der Waals surface area (Å²) >= 11 is 0. The molecule has 214 valence electrons. The number of halogens is 4. The number of benzene rings is 1.